The third-order valence-corrected chi connectivity index (χ3v) is 2.83. The summed E-state index contributed by atoms with van der Waals surface area (Å²) in [5.74, 6) is 0.595. The summed E-state index contributed by atoms with van der Waals surface area (Å²) in [6.45, 7) is 1.27. The number of carboxylic acid groups (broad SMARTS) is 1. The number of aromatic nitrogens is 2. The molecule has 0 amide bonds. The molecule has 2 heterocycles. The number of nitrogens with one attached hydrogen (secondary N) is 1. The number of pyridine rings is 1. The number of halogens is 1. The predicted octanol–water partition coefficient (Wildman–Crippen LogP) is 2.24. The number of carbonyl (C=O) groups excluding carboxylic acids is 1. The van der Waals surface area contributed by atoms with Gasteiger partial charge in [-0.15, -0.1) is 0 Å². The van der Waals surface area contributed by atoms with E-state index in [2.05, 4.69) is 25.9 Å². The molecule has 0 saturated carbocycles. The molecule has 0 aliphatic rings. The number of rotatable bonds is 2. The molecule has 2 aromatic rings. The van der Waals surface area contributed by atoms with Crippen molar-refractivity contribution in [2.45, 2.75) is 6.92 Å². The quantitative estimate of drug-likeness (QED) is 0.504. The minimum atomic E-state index is -0.250. The van der Waals surface area contributed by atoms with Gasteiger partial charge < -0.3 is 14.8 Å². The predicted molar refractivity (Wildman–Crippen MR) is 69.0 cm³/mol. The first kappa shape index (κ1) is 14.2. The lowest BCUT2D eigenvalue weighted by Crippen LogP contribution is -1.93. The van der Waals surface area contributed by atoms with Gasteiger partial charge in [0.25, 0.3) is 6.47 Å². The molecule has 0 saturated heterocycles. The van der Waals surface area contributed by atoms with E-state index in [0.717, 1.165) is 10.9 Å². The summed E-state index contributed by atoms with van der Waals surface area (Å²) in [6.07, 6.45) is 3.26. The number of methoxy groups -OCH3 is 1. The maximum Gasteiger partial charge on any atom is 0.290 e. The van der Waals surface area contributed by atoms with Crippen LogP contribution in [0.4, 0.5) is 0 Å². The molecule has 96 valence electrons. The van der Waals surface area contributed by atoms with E-state index < -0.39 is 0 Å². The van der Waals surface area contributed by atoms with E-state index in [1.807, 2.05) is 0 Å². The lowest BCUT2D eigenvalue weighted by atomic mass is 10.1. The topological polar surface area (TPSA) is 92.3 Å². The van der Waals surface area contributed by atoms with Gasteiger partial charge in [0.05, 0.1) is 24.2 Å². The van der Waals surface area contributed by atoms with Crippen molar-refractivity contribution in [3.05, 3.63) is 22.6 Å². The SMILES string of the molecule is COc1cnc(Br)c2[nH]cc(C(C)=O)c12.O=CO. The van der Waals surface area contributed by atoms with Crippen molar-refractivity contribution in [3.8, 4) is 5.75 Å². The Hall–Kier alpha value is -1.89. The number of fused-ring (bicyclic) bond motifs is 1. The number of hydrogen-bond donors (Lipinski definition) is 2. The lowest BCUT2D eigenvalue weighted by Gasteiger charge is -2.03. The summed E-state index contributed by atoms with van der Waals surface area (Å²) >= 11 is 3.31. The molecule has 7 heteroatoms. The smallest absolute Gasteiger partial charge is 0.290 e. The summed E-state index contributed by atoms with van der Waals surface area (Å²) in [4.78, 5) is 26.9. The number of nitrogens with zero attached hydrogens (tertiary/aromatic N) is 1. The first-order valence-corrected chi connectivity index (χ1v) is 5.64. The number of aromatic amines is 1. The van der Waals surface area contributed by atoms with Crippen molar-refractivity contribution in [1.29, 1.82) is 0 Å². The minimum absolute atomic E-state index is 0.00218. The zero-order chi connectivity index (χ0) is 13.7. The average Bonchev–Trinajstić information content (AvgIpc) is 2.76. The molecule has 0 fully saturated rings. The molecule has 0 radical (unpaired) electrons. The van der Waals surface area contributed by atoms with Gasteiger partial charge in [-0.05, 0) is 22.9 Å². The minimum Gasteiger partial charge on any atom is -0.494 e. The summed E-state index contributed by atoms with van der Waals surface area (Å²) in [7, 11) is 1.56. The van der Waals surface area contributed by atoms with Crippen molar-refractivity contribution in [3.63, 3.8) is 0 Å². The van der Waals surface area contributed by atoms with Crippen LogP contribution in [0.15, 0.2) is 17.0 Å². The zero-order valence-electron chi connectivity index (χ0n) is 9.73. The molecule has 2 aromatic heterocycles. The Morgan fingerprint density at radius 1 is 1.61 bits per heavy atom. The van der Waals surface area contributed by atoms with Crippen LogP contribution in [0.25, 0.3) is 10.9 Å². The van der Waals surface area contributed by atoms with Gasteiger partial charge in [0.2, 0.25) is 0 Å². The Morgan fingerprint density at radius 2 is 2.22 bits per heavy atom. The first-order chi connectivity index (χ1) is 8.56. The summed E-state index contributed by atoms with van der Waals surface area (Å²) < 4.78 is 5.85. The lowest BCUT2D eigenvalue weighted by molar-refractivity contribution is -0.122. The van der Waals surface area contributed by atoms with Gasteiger partial charge in [0.1, 0.15) is 10.4 Å². The van der Waals surface area contributed by atoms with Crippen LogP contribution in [0.1, 0.15) is 17.3 Å². The van der Waals surface area contributed by atoms with Crippen LogP contribution in [0.2, 0.25) is 0 Å². The van der Waals surface area contributed by atoms with Gasteiger partial charge in [-0.2, -0.15) is 0 Å². The van der Waals surface area contributed by atoms with Crippen molar-refractivity contribution >= 4 is 39.1 Å². The molecule has 2 rings (SSSR count). The highest BCUT2D eigenvalue weighted by Crippen LogP contribution is 2.31. The number of ether oxygens (including phenoxy) is 1. The van der Waals surface area contributed by atoms with E-state index in [-0.39, 0.29) is 12.3 Å². The summed E-state index contributed by atoms with van der Waals surface area (Å²) in [5.41, 5.74) is 1.39. The Labute approximate surface area is 111 Å². The number of hydrogen-bond acceptors (Lipinski definition) is 4. The molecule has 18 heavy (non-hydrogen) atoms. The largest absolute Gasteiger partial charge is 0.494 e. The monoisotopic (exact) mass is 314 g/mol. The number of ketones is 1. The van der Waals surface area contributed by atoms with E-state index in [4.69, 9.17) is 14.6 Å². The van der Waals surface area contributed by atoms with E-state index in [1.165, 1.54) is 6.92 Å². The average molecular weight is 315 g/mol. The highest BCUT2D eigenvalue weighted by molar-refractivity contribution is 9.10. The van der Waals surface area contributed by atoms with E-state index >= 15 is 0 Å². The van der Waals surface area contributed by atoms with E-state index in [9.17, 15) is 4.79 Å². The third-order valence-electron chi connectivity index (χ3n) is 2.23. The third kappa shape index (κ3) is 2.67. The normalized spacial score (nSPS) is 9.50. The molecular formula is C11H11BrN2O4. The maximum absolute atomic E-state index is 11.4. The Kier molecular flexibility index (Phi) is 4.85. The highest BCUT2D eigenvalue weighted by atomic mass is 79.9. The molecule has 0 atom stereocenters. The number of carbonyl (C=O) groups is 2. The zero-order valence-corrected chi connectivity index (χ0v) is 11.3. The maximum atomic E-state index is 11.4. The van der Waals surface area contributed by atoms with Gasteiger partial charge in [-0.1, -0.05) is 0 Å². The molecular weight excluding hydrogens is 304 g/mol. The highest BCUT2D eigenvalue weighted by Gasteiger charge is 2.15. The van der Waals surface area contributed by atoms with Crippen molar-refractivity contribution in [2.24, 2.45) is 0 Å². The Morgan fingerprint density at radius 3 is 2.72 bits per heavy atom. The molecule has 0 aliphatic carbocycles. The van der Waals surface area contributed by atoms with Gasteiger partial charge in [0.15, 0.2) is 5.78 Å². The molecule has 0 unspecified atom stereocenters. The second kappa shape index (κ2) is 6.15. The van der Waals surface area contributed by atoms with Crippen LogP contribution in [-0.4, -0.2) is 34.4 Å². The van der Waals surface area contributed by atoms with Crippen molar-refractivity contribution in [2.75, 3.05) is 7.11 Å². The fraction of sp³-hybridized carbons (Fsp3) is 0.182. The number of Topliss-reactive ketones (excluding diaryl/α,β-unsaturated/α-hetero) is 1. The second-order valence-corrected chi connectivity index (χ2v) is 3.98. The summed E-state index contributed by atoms with van der Waals surface area (Å²) in [5, 5.41) is 7.66. The Balaban J connectivity index is 0.000000492. The second-order valence-electron chi connectivity index (χ2n) is 3.23. The Bertz CT molecular complexity index is 580. The van der Waals surface area contributed by atoms with Crippen LogP contribution < -0.4 is 4.74 Å². The molecule has 0 aromatic carbocycles. The van der Waals surface area contributed by atoms with Gasteiger partial charge in [-0.3, -0.25) is 9.59 Å². The van der Waals surface area contributed by atoms with Crippen LogP contribution in [0.5, 0.6) is 5.75 Å². The number of H-pyrrole nitrogens is 1. The molecule has 0 bridgehead atoms. The molecule has 0 spiro atoms. The molecule has 6 nitrogen and oxygen atoms in total. The standard InChI is InChI=1S/C10H9BrN2O2.CH2O2/c1-5(14)6-3-12-9-8(6)7(15-2)4-13-10(9)11;2-1-3/h3-4,12H,1-2H3;1H,(H,2,3). The van der Waals surface area contributed by atoms with Gasteiger partial charge >= 0.3 is 0 Å². The van der Waals surface area contributed by atoms with Crippen molar-refractivity contribution in [1.82, 2.24) is 9.97 Å². The van der Waals surface area contributed by atoms with Crippen LogP contribution >= 0.6 is 15.9 Å². The van der Waals surface area contributed by atoms with Crippen molar-refractivity contribution < 1.29 is 19.4 Å². The fourth-order valence-electron chi connectivity index (χ4n) is 1.52. The molecule has 0 aliphatic heterocycles. The summed E-state index contributed by atoms with van der Waals surface area (Å²) in [6, 6.07) is 0. The first-order valence-electron chi connectivity index (χ1n) is 4.85. The van der Waals surface area contributed by atoms with Crippen LogP contribution in [0.3, 0.4) is 0 Å². The van der Waals surface area contributed by atoms with E-state index in [0.29, 0.717) is 15.9 Å². The molecule has 2 N–H and O–H groups in total. The van der Waals surface area contributed by atoms with Gasteiger partial charge in [-0.25, -0.2) is 4.98 Å². The van der Waals surface area contributed by atoms with Gasteiger partial charge in [0, 0.05) is 11.8 Å². The fourth-order valence-corrected chi connectivity index (χ4v) is 1.93. The van der Waals surface area contributed by atoms with Crippen LogP contribution in [0, 0.1) is 0 Å². The van der Waals surface area contributed by atoms with E-state index in [1.54, 1.807) is 19.5 Å². The van der Waals surface area contributed by atoms with Crippen LogP contribution in [-0.2, 0) is 4.79 Å².